The molecule has 3 amide bonds. The van der Waals surface area contributed by atoms with Crippen molar-refractivity contribution in [3.05, 3.63) is 64.7 Å². The monoisotopic (exact) mass is 649 g/mol. The summed E-state index contributed by atoms with van der Waals surface area (Å²) in [5, 5.41) is 8.08. The van der Waals surface area contributed by atoms with Crippen LogP contribution in [0.5, 0.6) is 0 Å². The Morgan fingerprint density at radius 1 is 0.800 bits per heavy atom. The Labute approximate surface area is 260 Å². The summed E-state index contributed by atoms with van der Waals surface area (Å²) >= 11 is 0. The lowest BCUT2D eigenvalue weighted by Crippen LogP contribution is -2.54. The molecule has 2 aliphatic rings. The molecule has 45 heavy (non-hydrogen) atoms. The quantitative estimate of drug-likeness (QED) is 0.349. The Morgan fingerprint density at radius 3 is 2.00 bits per heavy atom. The highest BCUT2D eigenvalue weighted by atomic mass is 32.2. The van der Waals surface area contributed by atoms with E-state index in [1.165, 1.54) is 24.3 Å². The van der Waals surface area contributed by atoms with Crippen molar-refractivity contribution in [1.29, 1.82) is 0 Å². The number of Topliss-reactive ketones (excluding diaryl/α,β-unsaturated/α-hetero) is 1. The van der Waals surface area contributed by atoms with Gasteiger partial charge in [-0.25, -0.2) is 8.42 Å². The van der Waals surface area contributed by atoms with E-state index >= 15 is 0 Å². The van der Waals surface area contributed by atoms with Crippen molar-refractivity contribution >= 4 is 33.3 Å². The van der Waals surface area contributed by atoms with E-state index in [9.17, 15) is 40.8 Å². The fraction of sp³-hybridized carbons (Fsp3) is 0.500. The standard InChI is InChI=1S/C32H38F3N3O6S/c1-45(43,44)24-15-12-21(13-16-24)30(41)38-27-10-6-5-9-26(27)37-29(40)19-36-31(42)25-18-23(32(33,34)35)14-11-22(25)17-28(39)20-7-3-2-4-8-20/h11-16,18,20,26-27H,2-10,17,19H2,1H3,(H,36,42)(H,37,40)(H,38,41)/t26-,27+/m0/s1. The first-order valence-electron chi connectivity index (χ1n) is 15.1. The second-order valence-corrected chi connectivity index (χ2v) is 13.9. The van der Waals surface area contributed by atoms with Gasteiger partial charge in [-0.2, -0.15) is 13.2 Å². The van der Waals surface area contributed by atoms with Crippen LogP contribution >= 0.6 is 0 Å². The molecular weight excluding hydrogens is 611 g/mol. The number of alkyl halides is 3. The van der Waals surface area contributed by atoms with Crippen molar-refractivity contribution in [3.63, 3.8) is 0 Å². The first-order chi connectivity index (χ1) is 21.2. The van der Waals surface area contributed by atoms with Crippen LogP contribution in [-0.2, 0) is 32.0 Å². The average Bonchev–Trinajstić information content (AvgIpc) is 3.00. The van der Waals surface area contributed by atoms with Gasteiger partial charge in [-0.3, -0.25) is 19.2 Å². The zero-order chi connectivity index (χ0) is 32.8. The van der Waals surface area contributed by atoms with Gasteiger partial charge in [0.15, 0.2) is 9.84 Å². The van der Waals surface area contributed by atoms with E-state index in [0.29, 0.717) is 18.9 Å². The number of benzene rings is 2. The van der Waals surface area contributed by atoms with Crippen molar-refractivity contribution < 1.29 is 40.8 Å². The topological polar surface area (TPSA) is 139 Å². The third-order valence-electron chi connectivity index (χ3n) is 8.49. The van der Waals surface area contributed by atoms with Crippen LogP contribution in [0.2, 0.25) is 0 Å². The fourth-order valence-corrected chi connectivity index (χ4v) is 6.60. The number of nitrogens with one attached hydrogen (secondary N) is 3. The van der Waals surface area contributed by atoms with E-state index < -0.39 is 57.9 Å². The number of hydrogen-bond acceptors (Lipinski definition) is 6. The van der Waals surface area contributed by atoms with Gasteiger partial charge in [0.05, 0.1) is 17.0 Å². The first-order valence-corrected chi connectivity index (χ1v) is 17.0. The minimum atomic E-state index is -4.70. The minimum Gasteiger partial charge on any atom is -0.350 e. The van der Waals surface area contributed by atoms with Crippen molar-refractivity contribution in [3.8, 4) is 0 Å². The summed E-state index contributed by atoms with van der Waals surface area (Å²) in [5.74, 6) is -2.21. The number of rotatable bonds is 10. The summed E-state index contributed by atoms with van der Waals surface area (Å²) in [6.07, 6.45) is 3.23. The highest BCUT2D eigenvalue weighted by molar-refractivity contribution is 7.90. The number of halogens is 3. The molecule has 0 unspecified atom stereocenters. The maximum absolute atomic E-state index is 13.5. The summed E-state index contributed by atoms with van der Waals surface area (Å²) in [7, 11) is -3.42. The molecule has 0 aliphatic heterocycles. The SMILES string of the molecule is CS(=O)(=O)c1ccc(C(=O)N[C@@H]2CCCC[C@@H]2NC(=O)CNC(=O)c2cc(C(F)(F)F)ccc2CC(=O)C2CCCCC2)cc1. The lowest BCUT2D eigenvalue weighted by atomic mass is 9.83. The lowest BCUT2D eigenvalue weighted by Gasteiger charge is -2.33. The third kappa shape index (κ3) is 9.38. The Hall–Kier alpha value is -3.74. The molecule has 3 N–H and O–H groups in total. The van der Waals surface area contributed by atoms with E-state index in [1.807, 2.05) is 0 Å². The lowest BCUT2D eigenvalue weighted by molar-refractivity contribution is -0.137. The van der Waals surface area contributed by atoms with E-state index in [4.69, 9.17) is 0 Å². The number of sulfone groups is 1. The van der Waals surface area contributed by atoms with Crippen LogP contribution in [0.3, 0.4) is 0 Å². The molecule has 0 radical (unpaired) electrons. The van der Waals surface area contributed by atoms with Crippen LogP contribution in [0.25, 0.3) is 0 Å². The molecule has 2 aromatic rings. The van der Waals surface area contributed by atoms with Gasteiger partial charge in [-0.15, -0.1) is 0 Å². The zero-order valence-electron chi connectivity index (χ0n) is 25.0. The predicted octanol–water partition coefficient (Wildman–Crippen LogP) is 4.39. The zero-order valence-corrected chi connectivity index (χ0v) is 25.9. The Bertz CT molecular complexity index is 1520. The summed E-state index contributed by atoms with van der Waals surface area (Å²) in [4.78, 5) is 51.8. The molecular formula is C32H38F3N3O6S. The predicted molar refractivity (Wildman–Crippen MR) is 160 cm³/mol. The molecule has 9 nitrogen and oxygen atoms in total. The Kier molecular flexibility index (Phi) is 11.1. The van der Waals surface area contributed by atoms with Crippen LogP contribution in [0.4, 0.5) is 13.2 Å². The molecule has 13 heteroatoms. The van der Waals surface area contributed by atoms with Crippen molar-refractivity contribution in [2.24, 2.45) is 5.92 Å². The highest BCUT2D eigenvalue weighted by Gasteiger charge is 2.33. The van der Waals surface area contributed by atoms with Crippen molar-refractivity contribution in [2.45, 2.75) is 87.4 Å². The highest BCUT2D eigenvalue weighted by Crippen LogP contribution is 2.32. The molecule has 2 aromatic carbocycles. The Balaban J connectivity index is 1.38. The van der Waals surface area contributed by atoms with Crippen LogP contribution < -0.4 is 16.0 Å². The molecule has 0 heterocycles. The van der Waals surface area contributed by atoms with Crippen LogP contribution in [-0.4, -0.2) is 56.8 Å². The second-order valence-electron chi connectivity index (χ2n) is 11.9. The molecule has 0 saturated heterocycles. The van der Waals surface area contributed by atoms with Gasteiger partial charge in [-0.1, -0.05) is 38.2 Å². The van der Waals surface area contributed by atoms with Gasteiger partial charge in [-0.05, 0) is 67.6 Å². The number of ketones is 1. The van der Waals surface area contributed by atoms with Gasteiger partial charge in [0, 0.05) is 41.8 Å². The molecule has 2 fully saturated rings. The van der Waals surface area contributed by atoms with Crippen LogP contribution in [0.15, 0.2) is 47.4 Å². The molecule has 2 aliphatic carbocycles. The summed E-state index contributed by atoms with van der Waals surface area (Å²) < 4.78 is 63.8. The molecule has 244 valence electrons. The second kappa shape index (κ2) is 14.6. The summed E-state index contributed by atoms with van der Waals surface area (Å²) in [6, 6.07) is 7.33. The molecule has 0 bridgehead atoms. The maximum Gasteiger partial charge on any atom is 0.416 e. The van der Waals surface area contributed by atoms with Crippen molar-refractivity contribution in [1.82, 2.24) is 16.0 Å². The smallest absolute Gasteiger partial charge is 0.350 e. The van der Waals surface area contributed by atoms with Crippen molar-refractivity contribution in [2.75, 3.05) is 12.8 Å². The van der Waals surface area contributed by atoms with E-state index in [1.54, 1.807) is 0 Å². The molecule has 0 spiro atoms. The van der Waals surface area contributed by atoms with Gasteiger partial charge in [0.1, 0.15) is 5.78 Å². The normalized spacial score (nSPS) is 19.4. The number of amides is 3. The van der Waals surface area contributed by atoms with Crippen LogP contribution in [0, 0.1) is 5.92 Å². The van der Waals surface area contributed by atoms with Gasteiger partial charge >= 0.3 is 6.18 Å². The number of hydrogen-bond donors (Lipinski definition) is 3. The van der Waals surface area contributed by atoms with Gasteiger partial charge < -0.3 is 16.0 Å². The molecule has 2 atom stereocenters. The first kappa shape index (κ1) is 34.1. The maximum atomic E-state index is 13.5. The van der Waals surface area contributed by atoms with Gasteiger partial charge in [0.25, 0.3) is 11.8 Å². The molecule has 0 aromatic heterocycles. The summed E-state index contributed by atoms with van der Waals surface area (Å²) in [6.45, 7) is -0.519. The van der Waals surface area contributed by atoms with E-state index in [-0.39, 0.29) is 39.7 Å². The van der Waals surface area contributed by atoms with E-state index in [0.717, 1.165) is 63.3 Å². The summed E-state index contributed by atoms with van der Waals surface area (Å²) in [5.41, 5.74) is -0.899. The average molecular weight is 650 g/mol. The minimum absolute atomic E-state index is 0.0805. The Morgan fingerprint density at radius 2 is 1.40 bits per heavy atom. The molecule has 4 rings (SSSR count). The number of carbonyl (C=O) groups is 4. The van der Waals surface area contributed by atoms with Gasteiger partial charge in [0.2, 0.25) is 5.91 Å². The fourth-order valence-electron chi connectivity index (χ4n) is 5.97. The molecule has 2 saturated carbocycles. The third-order valence-corrected chi connectivity index (χ3v) is 9.62. The van der Waals surface area contributed by atoms with E-state index in [2.05, 4.69) is 16.0 Å². The largest absolute Gasteiger partial charge is 0.416 e. The van der Waals surface area contributed by atoms with Crippen LogP contribution in [0.1, 0.15) is 89.6 Å². The number of carbonyl (C=O) groups excluding carboxylic acids is 4.